The SMILES string of the molecule is CSCC1(CCNC(=O)CCNC(=O)C2CCCN2)CC1. The van der Waals surface area contributed by atoms with Crippen LogP contribution in [-0.2, 0) is 9.59 Å². The van der Waals surface area contributed by atoms with Crippen LogP contribution in [0.15, 0.2) is 0 Å². The molecule has 2 rings (SSSR count). The topological polar surface area (TPSA) is 70.2 Å². The lowest BCUT2D eigenvalue weighted by Gasteiger charge is -2.14. The van der Waals surface area contributed by atoms with E-state index in [2.05, 4.69) is 22.2 Å². The van der Waals surface area contributed by atoms with Gasteiger partial charge in [0.05, 0.1) is 6.04 Å². The van der Waals surface area contributed by atoms with Crippen molar-refractivity contribution in [2.24, 2.45) is 5.41 Å². The summed E-state index contributed by atoms with van der Waals surface area (Å²) in [5.74, 6) is 1.26. The molecule has 2 fully saturated rings. The molecule has 1 heterocycles. The molecule has 0 bridgehead atoms. The summed E-state index contributed by atoms with van der Waals surface area (Å²) in [6.07, 6.45) is 8.14. The lowest BCUT2D eigenvalue weighted by molar-refractivity contribution is -0.123. The number of carbonyl (C=O) groups is 2. The van der Waals surface area contributed by atoms with Crippen molar-refractivity contribution in [3.63, 3.8) is 0 Å². The molecule has 0 aromatic heterocycles. The van der Waals surface area contributed by atoms with Gasteiger partial charge in [-0.05, 0) is 56.1 Å². The Kier molecular flexibility index (Phi) is 6.36. The Hall–Kier alpha value is -0.750. The van der Waals surface area contributed by atoms with Gasteiger partial charge in [-0.2, -0.15) is 11.8 Å². The van der Waals surface area contributed by atoms with Crippen molar-refractivity contribution in [1.82, 2.24) is 16.0 Å². The number of hydrogen-bond donors (Lipinski definition) is 3. The van der Waals surface area contributed by atoms with E-state index in [4.69, 9.17) is 0 Å². The zero-order valence-corrected chi connectivity index (χ0v) is 13.7. The second-order valence-electron chi connectivity index (χ2n) is 6.22. The highest BCUT2D eigenvalue weighted by Gasteiger charge is 2.41. The fourth-order valence-electron chi connectivity index (χ4n) is 2.84. The Labute approximate surface area is 131 Å². The highest BCUT2D eigenvalue weighted by Crippen LogP contribution is 2.50. The van der Waals surface area contributed by atoms with Crippen molar-refractivity contribution in [2.45, 2.75) is 44.6 Å². The predicted molar refractivity (Wildman–Crippen MR) is 86.3 cm³/mol. The van der Waals surface area contributed by atoms with Crippen LogP contribution in [0.4, 0.5) is 0 Å². The summed E-state index contributed by atoms with van der Waals surface area (Å²) in [4.78, 5) is 23.5. The van der Waals surface area contributed by atoms with Gasteiger partial charge in [0.25, 0.3) is 0 Å². The number of hydrogen-bond acceptors (Lipinski definition) is 4. The lowest BCUT2D eigenvalue weighted by atomic mass is 10.1. The largest absolute Gasteiger partial charge is 0.356 e. The van der Waals surface area contributed by atoms with E-state index in [0.29, 0.717) is 18.4 Å². The molecule has 0 radical (unpaired) electrons. The van der Waals surface area contributed by atoms with Crippen LogP contribution in [-0.4, -0.2) is 49.5 Å². The Bertz CT molecular complexity index is 366. The highest BCUT2D eigenvalue weighted by atomic mass is 32.2. The van der Waals surface area contributed by atoms with E-state index >= 15 is 0 Å². The minimum absolute atomic E-state index is 0.0252. The van der Waals surface area contributed by atoms with E-state index in [1.165, 1.54) is 18.6 Å². The Morgan fingerprint density at radius 3 is 2.71 bits per heavy atom. The molecule has 1 unspecified atom stereocenters. The molecule has 6 heteroatoms. The fraction of sp³-hybridized carbons (Fsp3) is 0.867. The summed E-state index contributed by atoms with van der Waals surface area (Å²) in [5, 5.41) is 8.94. The summed E-state index contributed by atoms with van der Waals surface area (Å²) >= 11 is 1.89. The molecule has 120 valence electrons. The molecule has 5 nitrogen and oxygen atoms in total. The summed E-state index contributed by atoms with van der Waals surface area (Å²) < 4.78 is 0. The standard InChI is InChI=1S/C15H27N3O2S/c1-21-11-15(5-6-15)7-10-17-13(19)4-9-18-14(20)12-3-2-8-16-12/h12,16H,2-11H2,1H3,(H,17,19)(H,18,20). The molecule has 1 saturated carbocycles. The third kappa shape index (κ3) is 5.51. The summed E-state index contributed by atoms with van der Waals surface area (Å²) in [5.41, 5.74) is 0.495. The maximum Gasteiger partial charge on any atom is 0.237 e. The summed E-state index contributed by atoms with van der Waals surface area (Å²) in [6, 6.07) is -0.0608. The fourth-order valence-corrected chi connectivity index (χ4v) is 3.88. The number of carbonyl (C=O) groups excluding carboxylic acids is 2. The summed E-state index contributed by atoms with van der Waals surface area (Å²) in [7, 11) is 0. The highest BCUT2D eigenvalue weighted by molar-refractivity contribution is 7.98. The van der Waals surface area contributed by atoms with E-state index in [-0.39, 0.29) is 17.9 Å². The van der Waals surface area contributed by atoms with E-state index in [1.807, 2.05) is 11.8 Å². The zero-order valence-electron chi connectivity index (χ0n) is 12.9. The van der Waals surface area contributed by atoms with Gasteiger partial charge < -0.3 is 16.0 Å². The molecule has 2 amide bonds. The number of thioether (sulfide) groups is 1. The van der Waals surface area contributed by atoms with Crippen LogP contribution < -0.4 is 16.0 Å². The van der Waals surface area contributed by atoms with E-state index in [1.54, 1.807) is 0 Å². The maximum atomic E-state index is 11.7. The second-order valence-corrected chi connectivity index (χ2v) is 7.09. The zero-order chi connectivity index (χ0) is 15.1. The third-order valence-corrected chi connectivity index (χ3v) is 5.31. The molecule has 1 aliphatic heterocycles. The van der Waals surface area contributed by atoms with Gasteiger partial charge in [-0.15, -0.1) is 0 Å². The lowest BCUT2D eigenvalue weighted by Crippen LogP contribution is -2.41. The van der Waals surface area contributed by atoms with Gasteiger partial charge in [-0.25, -0.2) is 0 Å². The molecule has 0 aromatic carbocycles. The first kappa shape index (κ1) is 16.6. The Morgan fingerprint density at radius 1 is 1.29 bits per heavy atom. The molecular formula is C15H27N3O2S. The molecule has 0 spiro atoms. The van der Waals surface area contributed by atoms with Gasteiger partial charge in [0, 0.05) is 19.5 Å². The molecular weight excluding hydrogens is 286 g/mol. The number of rotatable bonds is 9. The van der Waals surface area contributed by atoms with Crippen molar-refractivity contribution in [2.75, 3.05) is 31.6 Å². The Morgan fingerprint density at radius 2 is 2.10 bits per heavy atom. The average Bonchev–Trinajstić information content (AvgIpc) is 3.01. The van der Waals surface area contributed by atoms with Crippen LogP contribution in [0.5, 0.6) is 0 Å². The number of amides is 2. The minimum atomic E-state index is -0.0608. The smallest absolute Gasteiger partial charge is 0.237 e. The van der Waals surface area contributed by atoms with Crippen molar-refractivity contribution in [1.29, 1.82) is 0 Å². The minimum Gasteiger partial charge on any atom is -0.356 e. The van der Waals surface area contributed by atoms with Crippen LogP contribution in [0.2, 0.25) is 0 Å². The molecule has 21 heavy (non-hydrogen) atoms. The van der Waals surface area contributed by atoms with Gasteiger partial charge in [-0.1, -0.05) is 0 Å². The first-order valence-corrected chi connectivity index (χ1v) is 9.31. The van der Waals surface area contributed by atoms with Crippen LogP contribution in [0.25, 0.3) is 0 Å². The van der Waals surface area contributed by atoms with Crippen molar-refractivity contribution in [3.05, 3.63) is 0 Å². The van der Waals surface area contributed by atoms with E-state index in [0.717, 1.165) is 32.4 Å². The van der Waals surface area contributed by atoms with Crippen LogP contribution >= 0.6 is 11.8 Å². The average molecular weight is 313 g/mol. The number of nitrogens with one attached hydrogen (secondary N) is 3. The van der Waals surface area contributed by atoms with E-state index in [9.17, 15) is 9.59 Å². The van der Waals surface area contributed by atoms with Gasteiger partial charge in [0.15, 0.2) is 0 Å². The predicted octanol–water partition coefficient (Wildman–Crippen LogP) is 0.894. The third-order valence-electron chi connectivity index (χ3n) is 4.41. The normalized spacial score (nSPS) is 22.8. The molecule has 1 atom stereocenters. The van der Waals surface area contributed by atoms with E-state index < -0.39 is 0 Å². The maximum absolute atomic E-state index is 11.7. The molecule has 1 saturated heterocycles. The Balaban J connectivity index is 1.50. The molecule has 2 aliphatic rings. The van der Waals surface area contributed by atoms with Gasteiger partial charge in [0.2, 0.25) is 11.8 Å². The molecule has 0 aromatic rings. The van der Waals surface area contributed by atoms with Crippen molar-refractivity contribution < 1.29 is 9.59 Å². The second kappa shape index (κ2) is 8.03. The van der Waals surface area contributed by atoms with Gasteiger partial charge >= 0.3 is 0 Å². The van der Waals surface area contributed by atoms with Crippen LogP contribution in [0.3, 0.4) is 0 Å². The quantitative estimate of drug-likeness (QED) is 0.591. The van der Waals surface area contributed by atoms with Crippen molar-refractivity contribution in [3.8, 4) is 0 Å². The molecule has 1 aliphatic carbocycles. The van der Waals surface area contributed by atoms with Crippen LogP contribution in [0.1, 0.15) is 38.5 Å². The van der Waals surface area contributed by atoms with Gasteiger partial charge in [-0.3, -0.25) is 9.59 Å². The first-order chi connectivity index (χ1) is 10.2. The van der Waals surface area contributed by atoms with Crippen LogP contribution in [0, 0.1) is 5.41 Å². The monoisotopic (exact) mass is 313 g/mol. The first-order valence-electron chi connectivity index (χ1n) is 7.92. The van der Waals surface area contributed by atoms with Crippen molar-refractivity contribution >= 4 is 23.6 Å². The molecule has 3 N–H and O–H groups in total. The van der Waals surface area contributed by atoms with Gasteiger partial charge in [0.1, 0.15) is 0 Å². The summed E-state index contributed by atoms with van der Waals surface area (Å²) in [6.45, 7) is 2.10.